The Hall–Kier alpha value is -2.42. The van der Waals surface area contributed by atoms with Gasteiger partial charge in [-0.05, 0) is 84.5 Å². The highest BCUT2D eigenvalue weighted by atomic mass is 127. The van der Waals surface area contributed by atoms with Crippen LogP contribution in [0.4, 0.5) is 5.69 Å². The summed E-state index contributed by atoms with van der Waals surface area (Å²) >= 11 is 2.17. The molecule has 0 saturated carbocycles. The Kier molecular flexibility index (Phi) is 6.56. The van der Waals surface area contributed by atoms with Crippen molar-refractivity contribution in [3.63, 3.8) is 0 Å². The third-order valence-corrected chi connectivity index (χ3v) is 5.90. The molecule has 0 N–H and O–H groups in total. The van der Waals surface area contributed by atoms with E-state index in [0.717, 1.165) is 3.57 Å². The standard InChI is InChI=1S/C22H23IN2O4/c1-4-14(2)24(21(27)15-5-11-18(29-3)12-6-15)19-13-20(26)25(22(19)28)17-9-7-16(23)8-10-17/h5-12,14,19H,4,13H2,1-3H3. The van der Waals surface area contributed by atoms with Crippen molar-refractivity contribution in [3.05, 3.63) is 57.7 Å². The molecule has 0 aromatic heterocycles. The second kappa shape index (κ2) is 8.94. The van der Waals surface area contributed by atoms with Gasteiger partial charge in [0.1, 0.15) is 11.8 Å². The lowest BCUT2D eigenvalue weighted by atomic mass is 10.1. The van der Waals surface area contributed by atoms with E-state index in [1.54, 1.807) is 48.4 Å². The van der Waals surface area contributed by atoms with Gasteiger partial charge in [0.25, 0.3) is 11.8 Å². The fraction of sp³-hybridized carbons (Fsp3) is 0.318. The monoisotopic (exact) mass is 506 g/mol. The van der Waals surface area contributed by atoms with E-state index in [1.807, 2.05) is 26.0 Å². The first kappa shape index (κ1) is 21.3. The summed E-state index contributed by atoms with van der Waals surface area (Å²) < 4.78 is 6.16. The van der Waals surface area contributed by atoms with Crippen molar-refractivity contribution in [2.24, 2.45) is 0 Å². The fourth-order valence-electron chi connectivity index (χ4n) is 3.42. The Balaban J connectivity index is 1.92. The average molecular weight is 506 g/mol. The lowest BCUT2D eigenvalue weighted by Crippen LogP contribution is -2.49. The summed E-state index contributed by atoms with van der Waals surface area (Å²) in [7, 11) is 1.56. The van der Waals surface area contributed by atoms with E-state index in [1.165, 1.54) is 4.90 Å². The third-order valence-electron chi connectivity index (χ3n) is 5.18. The topological polar surface area (TPSA) is 66.9 Å². The van der Waals surface area contributed by atoms with E-state index in [4.69, 9.17) is 4.74 Å². The number of nitrogens with zero attached hydrogens (tertiary/aromatic N) is 2. The molecule has 0 spiro atoms. The summed E-state index contributed by atoms with van der Waals surface area (Å²) in [5.74, 6) is -0.276. The molecule has 1 aliphatic heterocycles. The first-order valence-electron chi connectivity index (χ1n) is 9.46. The average Bonchev–Trinajstić information content (AvgIpc) is 3.02. The second-order valence-electron chi connectivity index (χ2n) is 6.96. The number of rotatable bonds is 6. The van der Waals surface area contributed by atoms with Crippen LogP contribution in [0.2, 0.25) is 0 Å². The maximum absolute atomic E-state index is 13.3. The van der Waals surface area contributed by atoms with Gasteiger partial charge in [-0.1, -0.05) is 6.92 Å². The Morgan fingerprint density at radius 3 is 2.34 bits per heavy atom. The van der Waals surface area contributed by atoms with E-state index in [0.29, 0.717) is 23.4 Å². The zero-order valence-electron chi connectivity index (χ0n) is 16.6. The van der Waals surface area contributed by atoms with Crippen LogP contribution in [0.3, 0.4) is 0 Å². The van der Waals surface area contributed by atoms with Crippen LogP contribution in [0.25, 0.3) is 0 Å². The molecule has 2 unspecified atom stereocenters. The molecule has 2 aromatic carbocycles. The third kappa shape index (κ3) is 4.29. The molecule has 2 aromatic rings. The van der Waals surface area contributed by atoms with Crippen LogP contribution in [-0.2, 0) is 9.59 Å². The summed E-state index contributed by atoms with van der Waals surface area (Å²) in [6, 6.07) is 13.0. The maximum Gasteiger partial charge on any atom is 0.257 e. The van der Waals surface area contributed by atoms with Crippen LogP contribution in [0.15, 0.2) is 48.5 Å². The molecule has 3 rings (SSSR count). The highest BCUT2D eigenvalue weighted by Crippen LogP contribution is 2.29. The molecule has 29 heavy (non-hydrogen) atoms. The van der Waals surface area contributed by atoms with Crippen molar-refractivity contribution < 1.29 is 19.1 Å². The molecule has 2 atom stereocenters. The summed E-state index contributed by atoms with van der Waals surface area (Å²) in [5, 5.41) is 0. The second-order valence-corrected chi connectivity index (χ2v) is 8.21. The summed E-state index contributed by atoms with van der Waals surface area (Å²) in [4.78, 5) is 41.9. The van der Waals surface area contributed by atoms with Gasteiger partial charge in [-0.25, -0.2) is 4.90 Å². The Labute approximate surface area is 184 Å². The minimum absolute atomic E-state index is 0.0168. The largest absolute Gasteiger partial charge is 0.497 e. The van der Waals surface area contributed by atoms with Crippen LogP contribution in [0.5, 0.6) is 5.75 Å². The number of halogens is 1. The number of carbonyl (C=O) groups is 3. The van der Waals surface area contributed by atoms with Crippen molar-refractivity contribution in [2.75, 3.05) is 12.0 Å². The number of methoxy groups -OCH3 is 1. The van der Waals surface area contributed by atoms with Crippen molar-refractivity contribution in [3.8, 4) is 5.75 Å². The first-order chi connectivity index (χ1) is 13.9. The highest BCUT2D eigenvalue weighted by molar-refractivity contribution is 14.1. The number of anilines is 1. The Morgan fingerprint density at radius 1 is 1.17 bits per heavy atom. The predicted octanol–water partition coefficient (Wildman–Crippen LogP) is 3.87. The zero-order valence-corrected chi connectivity index (χ0v) is 18.8. The molecule has 1 saturated heterocycles. The van der Waals surface area contributed by atoms with Crippen molar-refractivity contribution in [1.29, 1.82) is 0 Å². The highest BCUT2D eigenvalue weighted by Gasteiger charge is 2.45. The van der Waals surface area contributed by atoms with Gasteiger partial charge >= 0.3 is 0 Å². The number of hydrogen-bond acceptors (Lipinski definition) is 4. The Morgan fingerprint density at radius 2 is 1.79 bits per heavy atom. The lowest BCUT2D eigenvalue weighted by Gasteiger charge is -2.33. The minimum atomic E-state index is -0.814. The van der Waals surface area contributed by atoms with Gasteiger partial charge in [0, 0.05) is 15.2 Å². The van der Waals surface area contributed by atoms with Gasteiger partial charge in [-0.2, -0.15) is 0 Å². The molecule has 6 nitrogen and oxygen atoms in total. The normalized spacial score (nSPS) is 17.4. The SMILES string of the molecule is CCC(C)N(C(=O)c1ccc(OC)cc1)C1CC(=O)N(c2ccc(I)cc2)C1=O. The molecule has 0 radical (unpaired) electrons. The number of ether oxygens (including phenoxy) is 1. The van der Waals surface area contributed by atoms with E-state index in [-0.39, 0.29) is 30.2 Å². The number of imide groups is 1. The molecule has 1 heterocycles. The summed E-state index contributed by atoms with van der Waals surface area (Å²) in [6.07, 6.45) is 0.653. The van der Waals surface area contributed by atoms with Gasteiger partial charge in [0.05, 0.1) is 19.2 Å². The number of amides is 3. The number of hydrogen-bond donors (Lipinski definition) is 0. The van der Waals surface area contributed by atoms with E-state index >= 15 is 0 Å². The minimum Gasteiger partial charge on any atom is -0.497 e. The van der Waals surface area contributed by atoms with Gasteiger partial charge < -0.3 is 9.64 Å². The van der Waals surface area contributed by atoms with E-state index in [9.17, 15) is 14.4 Å². The Bertz CT molecular complexity index is 911. The fourth-order valence-corrected chi connectivity index (χ4v) is 3.78. The molecule has 1 aliphatic rings. The summed E-state index contributed by atoms with van der Waals surface area (Å²) in [5.41, 5.74) is 0.989. The number of carbonyl (C=O) groups excluding carboxylic acids is 3. The van der Waals surface area contributed by atoms with Crippen molar-refractivity contribution >= 4 is 46.0 Å². The van der Waals surface area contributed by atoms with Gasteiger partial charge in [-0.15, -0.1) is 0 Å². The smallest absolute Gasteiger partial charge is 0.257 e. The van der Waals surface area contributed by atoms with E-state index in [2.05, 4.69) is 22.6 Å². The molecule has 152 valence electrons. The van der Waals surface area contributed by atoms with Crippen LogP contribution in [-0.4, -0.2) is 41.8 Å². The molecular formula is C22H23IN2O4. The molecule has 7 heteroatoms. The molecular weight excluding hydrogens is 483 g/mol. The molecule has 0 aliphatic carbocycles. The molecule has 0 bridgehead atoms. The van der Waals surface area contributed by atoms with Gasteiger partial charge in [0.15, 0.2) is 0 Å². The van der Waals surface area contributed by atoms with Crippen LogP contribution < -0.4 is 9.64 Å². The van der Waals surface area contributed by atoms with Gasteiger partial charge in [0.2, 0.25) is 5.91 Å². The quantitative estimate of drug-likeness (QED) is 0.441. The van der Waals surface area contributed by atoms with Crippen LogP contribution in [0, 0.1) is 3.57 Å². The summed E-state index contributed by atoms with van der Waals surface area (Å²) in [6.45, 7) is 3.85. The van der Waals surface area contributed by atoms with E-state index < -0.39 is 6.04 Å². The van der Waals surface area contributed by atoms with Crippen molar-refractivity contribution in [2.45, 2.75) is 38.8 Å². The van der Waals surface area contributed by atoms with Crippen molar-refractivity contribution in [1.82, 2.24) is 4.90 Å². The first-order valence-corrected chi connectivity index (χ1v) is 10.5. The number of benzene rings is 2. The predicted molar refractivity (Wildman–Crippen MR) is 119 cm³/mol. The van der Waals surface area contributed by atoms with Crippen LogP contribution in [0.1, 0.15) is 37.0 Å². The molecule has 1 fully saturated rings. The van der Waals surface area contributed by atoms with Crippen LogP contribution >= 0.6 is 22.6 Å². The lowest BCUT2D eigenvalue weighted by molar-refractivity contribution is -0.122. The molecule has 3 amide bonds. The maximum atomic E-state index is 13.3. The van der Waals surface area contributed by atoms with Gasteiger partial charge in [-0.3, -0.25) is 14.4 Å². The zero-order chi connectivity index (χ0) is 21.1.